The lowest BCUT2D eigenvalue weighted by molar-refractivity contribution is -0.143. The third kappa shape index (κ3) is 7.21. The topological polar surface area (TPSA) is 106 Å². The predicted molar refractivity (Wildman–Crippen MR) is 174 cm³/mol. The number of hydrogen-bond acceptors (Lipinski definition) is 6. The van der Waals surface area contributed by atoms with Crippen molar-refractivity contribution in [2.75, 3.05) is 14.1 Å². The number of carbonyl (C=O) groups excluding carboxylic acids is 2. The van der Waals surface area contributed by atoms with Crippen molar-refractivity contribution in [1.29, 1.82) is 0 Å². The summed E-state index contributed by atoms with van der Waals surface area (Å²) in [5, 5.41) is 8.43. The number of amides is 2. The van der Waals surface area contributed by atoms with Gasteiger partial charge in [-0.2, -0.15) is 4.98 Å². The van der Waals surface area contributed by atoms with Crippen LogP contribution >= 0.6 is 0 Å². The Morgan fingerprint density at radius 1 is 0.841 bits per heavy atom. The van der Waals surface area contributed by atoms with Gasteiger partial charge in [0.1, 0.15) is 12.1 Å². The summed E-state index contributed by atoms with van der Waals surface area (Å²) in [7, 11) is 3.39. The molecule has 0 fully saturated rings. The zero-order valence-corrected chi connectivity index (χ0v) is 25.9. The molecule has 0 aliphatic rings. The van der Waals surface area contributed by atoms with Gasteiger partial charge in [-0.25, -0.2) is 0 Å². The summed E-state index contributed by atoms with van der Waals surface area (Å²) in [6.07, 6.45) is 3.86. The van der Waals surface area contributed by atoms with Crippen LogP contribution in [0, 0.1) is 6.92 Å². The van der Waals surface area contributed by atoms with Gasteiger partial charge in [-0.15, -0.1) is 0 Å². The highest BCUT2D eigenvalue weighted by atomic mass is 16.5. The maximum absolute atomic E-state index is 14.5. The Kier molecular flexibility index (Phi) is 8.92. The van der Waals surface area contributed by atoms with Gasteiger partial charge in [0, 0.05) is 38.6 Å². The Labute approximate surface area is 258 Å². The molecule has 0 saturated heterocycles. The van der Waals surface area contributed by atoms with E-state index in [1.54, 1.807) is 32.0 Å². The molecule has 2 amide bonds. The van der Waals surface area contributed by atoms with Crippen molar-refractivity contribution in [1.82, 2.24) is 19.9 Å². The van der Waals surface area contributed by atoms with Crippen molar-refractivity contribution in [3.63, 3.8) is 0 Å². The van der Waals surface area contributed by atoms with Crippen LogP contribution in [0.15, 0.2) is 102 Å². The summed E-state index contributed by atoms with van der Waals surface area (Å²) >= 11 is 0. The maximum atomic E-state index is 14.5. The molecule has 0 saturated carbocycles. The van der Waals surface area contributed by atoms with Crippen molar-refractivity contribution in [3.05, 3.63) is 120 Å². The highest BCUT2D eigenvalue weighted by molar-refractivity contribution is 5.93. The highest BCUT2D eigenvalue weighted by Gasteiger charge is 2.35. The fourth-order valence-corrected chi connectivity index (χ4v) is 5.35. The van der Waals surface area contributed by atoms with Crippen molar-refractivity contribution < 1.29 is 14.1 Å². The summed E-state index contributed by atoms with van der Waals surface area (Å²) in [5.74, 6) is 0.278. The first-order valence-corrected chi connectivity index (χ1v) is 14.8. The van der Waals surface area contributed by atoms with Crippen LogP contribution in [0.3, 0.4) is 0 Å². The minimum Gasteiger partial charge on any atom is -0.337 e. The number of likely N-dealkylation sites (N-methyl/N-ethyl adjacent to an activating group) is 2. The van der Waals surface area contributed by atoms with Gasteiger partial charge in [0.15, 0.2) is 5.82 Å². The first kappa shape index (κ1) is 30.6. The quantitative estimate of drug-likeness (QED) is 0.207. The van der Waals surface area contributed by atoms with Crippen LogP contribution in [-0.4, -0.2) is 57.4 Å². The number of nitrogens with zero attached hydrogens (tertiary/aromatic N) is 4. The van der Waals surface area contributed by atoms with E-state index in [9.17, 15) is 9.59 Å². The Balaban J connectivity index is 1.49. The lowest BCUT2D eigenvalue weighted by Crippen LogP contribution is -2.50. The fourth-order valence-electron chi connectivity index (χ4n) is 5.35. The van der Waals surface area contributed by atoms with Crippen LogP contribution in [0.5, 0.6) is 0 Å². The number of aryl methyl sites for hydroxylation is 1. The second kappa shape index (κ2) is 12.8. The Morgan fingerprint density at radius 2 is 1.39 bits per heavy atom. The number of nitrogens with two attached hydrogens (primary N) is 1. The molecule has 0 aliphatic heterocycles. The third-order valence-corrected chi connectivity index (χ3v) is 7.89. The van der Waals surface area contributed by atoms with Gasteiger partial charge in [0.2, 0.25) is 17.7 Å². The molecule has 0 spiro atoms. The molecule has 0 unspecified atom stereocenters. The molecule has 44 heavy (non-hydrogen) atoms. The first-order chi connectivity index (χ1) is 21.0. The minimum absolute atomic E-state index is 0.240. The first-order valence-electron chi connectivity index (χ1n) is 14.8. The monoisotopic (exact) mass is 589 g/mol. The number of hydrogen-bond donors (Lipinski definition) is 1. The van der Waals surface area contributed by atoms with E-state index in [0.717, 1.165) is 32.7 Å². The van der Waals surface area contributed by atoms with Crippen LogP contribution in [0.25, 0.3) is 21.5 Å². The summed E-state index contributed by atoms with van der Waals surface area (Å²) in [4.78, 5) is 35.5. The second-order valence-corrected chi connectivity index (χ2v) is 12.0. The Hall–Kier alpha value is -4.82. The van der Waals surface area contributed by atoms with Gasteiger partial charge < -0.3 is 20.1 Å². The van der Waals surface area contributed by atoms with Crippen LogP contribution in [0.1, 0.15) is 42.7 Å². The zero-order chi connectivity index (χ0) is 31.4. The van der Waals surface area contributed by atoms with Crippen molar-refractivity contribution in [2.45, 2.75) is 51.2 Å². The molecule has 226 valence electrons. The average molecular weight is 590 g/mol. The number of aromatic nitrogens is 2. The highest BCUT2D eigenvalue weighted by Crippen LogP contribution is 2.27. The molecular weight excluding hydrogens is 550 g/mol. The zero-order valence-electron chi connectivity index (χ0n) is 25.9. The Morgan fingerprint density at radius 3 is 1.91 bits per heavy atom. The van der Waals surface area contributed by atoms with E-state index in [4.69, 9.17) is 10.3 Å². The molecular formula is C36H39N5O3. The van der Waals surface area contributed by atoms with E-state index in [1.807, 2.05) is 62.4 Å². The largest absolute Gasteiger partial charge is 0.337 e. The molecule has 1 heterocycles. The summed E-state index contributed by atoms with van der Waals surface area (Å²) in [6, 6.07) is 27.2. The smallest absolute Gasteiger partial charge is 0.249 e. The lowest BCUT2D eigenvalue weighted by atomic mass is 9.97. The van der Waals surface area contributed by atoms with E-state index >= 15 is 0 Å². The predicted octanol–water partition coefficient (Wildman–Crippen LogP) is 5.79. The van der Waals surface area contributed by atoms with Crippen molar-refractivity contribution in [3.8, 4) is 0 Å². The van der Waals surface area contributed by atoms with E-state index in [0.29, 0.717) is 24.6 Å². The molecule has 5 rings (SSSR count). The molecule has 8 heteroatoms. The summed E-state index contributed by atoms with van der Waals surface area (Å²) in [6.45, 7) is 5.38. The van der Waals surface area contributed by atoms with Gasteiger partial charge in [-0.3, -0.25) is 9.59 Å². The average Bonchev–Trinajstić information content (AvgIpc) is 3.45. The molecule has 1 aromatic heterocycles. The van der Waals surface area contributed by atoms with E-state index in [1.165, 1.54) is 11.0 Å². The molecule has 8 nitrogen and oxygen atoms in total. The molecule has 2 N–H and O–H groups in total. The van der Waals surface area contributed by atoms with E-state index in [2.05, 4.69) is 46.5 Å². The summed E-state index contributed by atoms with van der Waals surface area (Å²) in [5.41, 5.74) is 7.39. The third-order valence-electron chi connectivity index (χ3n) is 7.89. The van der Waals surface area contributed by atoms with Crippen LogP contribution in [0.2, 0.25) is 0 Å². The Bertz CT molecular complexity index is 1820. The SMILES string of the molecule is Cc1noc([C@@H](Cc2ccc3ccccc3c2)N(C)C(=O)[C@@H](Cc2ccc3ccccc3c2)N(C)C(=O)/C=C/C(C)(C)N)n1. The number of fused-ring (bicyclic) bond motifs is 2. The summed E-state index contributed by atoms with van der Waals surface area (Å²) < 4.78 is 5.63. The second-order valence-electron chi connectivity index (χ2n) is 12.0. The van der Waals surface area contributed by atoms with Crippen LogP contribution in [-0.2, 0) is 22.4 Å². The normalized spacial score (nSPS) is 13.3. The van der Waals surface area contributed by atoms with Gasteiger partial charge in [0.05, 0.1) is 0 Å². The van der Waals surface area contributed by atoms with Crippen molar-refractivity contribution >= 4 is 33.4 Å². The molecule has 4 aromatic carbocycles. The number of benzene rings is 4. The molecule has 0 radical (unpaired) electrons. The van der Waals surface area contributed by atoms with E-state index in [-0.39, 0.29) is 11.8 Å². The molecule has 0 bridgehead atoms. The van der Waals surface area contributed by atoms with Gasteiger partial charge >= 0.3 is 0 Å². The van der Waals surface area contributed by atoms with E-state index < -0.39 is 17.6 Å². The van der Waals surface area contributed by atoms with Crippen LogP contribution in [0.4, 0.5) is 0 Å². The van der Waals surface area contributed by atoms with Gasteiger partial charge in [-0.05, 0) is 53.4 Å². The molecule has 0 aliphatic carbocycles. The van der Waals surface area contributed by atoms with Crippen molar-refractivity contribution in [2.24, 2.45) is 5.73 Å². The number of carbonyl (C=O) groups is 2. The fraction of sp³-hybridized carbons (Fsp3) is 0.278. The number of rotatable bonds is 10. The van der Waals surface area contributed by atoms with Crippen LogP contribution < -0.4 is 5.73 Å². The minimum atomic E-state index is -0.803. The standard InChI is InChI=1S/C36H39N5O3/c1-24-38-34(44-39-24)31(22-25-14-16-27-10-6-8-12-29(27)20-25)41(5)35(43)32(40(4)33(42)18-19-36(2,3)37)23-26-15-17-28-11-7-9-13-30(28)21-26/h6-21,31-32H,22-23,37H2,1-5H3/b19-18+/t31-,32-/m1/s1. The maximum Gasteiger partial charge on any atom is 0.249 e. The van der Waals surface area contributed by atoms with Gasteiger partial charge in [0.25, 0.3) is 0 Å². The lowest BCUT2D eigenvalue weighted by Gasteiger charge is -2.33. The van der Waals surface area contributed by atoms with Gasteiger partial charge in [-0.1, -0.05) is 96.2 Å². The molecule has 5 aromatic rings. The molecule has 2 atom stereocenters.